The van der Waals surface area contributed by atoms with Crippen LogP contribution in [0.5, 0.6) is 0 Å². The maximum Gasteiger partial charge on any atom is 0.228 e. The van der Waals surface area contributed by atoms with Crippen molar-refractivity contribution in [1.29, 1.82) is 0 Å². The quantitative estimate of drug-likeness (QED) is 0.745. The molecule has 0 saturated heterocycles. The largest absolute Gasteiger partial charge is 0.326 e. The molecule has 0 atom stereocenters. The highest BCUT2D eigenvalue weighted by Gasteiger charge is 2.30. The molecule has 3 N–H and O–H groups in total. The lowest BCUT2D eigenvalue weighted by Gasteiger charge is -2.07. The summed E-state index contributed by atoms with van der Waals surface area (Å²) in [5, 5.41) is 2.79. The first-order chi connectivity index (χ1) is 6.81. The van der Waals surface area contributed by atoms with Crippen LogP contribution in [0.3, 0.4) is 0 Å². The molecule has 74 valence electrons. The predicted molar refractivity (Wildman–Crippen MR) is 53.5 cm³/mol. The minimum absolute atomic E-state index is 0.0680. The van der Waals surface area contributed by atoms with Crippen molar-refractivity contribution in [3.63, 3.8) is 0 Å². The van der Waals surface area contributed by atoms with Crippen molar-refractivity contribution in [2.75, 3.05) is 5.32 Å². The molecule has 1 heterocycles. The average molecular weight is 191 g/mol. The summed E-state index contributed by atoms with van der Waals surface area (Å²) in [6.45, 7) is 0.397. The minimum Gasteiger partial charge on any atom is -0.326 e. The molecule has 4 heteroatoms. The molecule has 0 unspecified atom stereocenters. The summed E-state index contributed by atoms with van der Waals surface area (Å²) in [6, 6.07) is 3.69. The van der Waals surface area contributed by atoms with Gasteiger partial charge in [-0.05, 0) is 18.9 Å². The molecule has 1 aliphatic rings. The summed E-state index contributed by atoms with van der Waals surface area (Å²) in [4.78, 5) is 15.5. The third-order valence-corrected chi connectivity index (χ3v) is 2.30. The van der Waals surface area contributed by atoms with Crippen LogP contribution in [0.4, 0.5) is 5.82 Å². The van der Waals surface area contributed by atoms with Gasteiger partial charge in [0, 0.05) is 24.2 Å². The number of hydrogen-bond donors (Lipinski definition) is 2. The number of hydrogen-bond acceptors (Lipinski definition) is 3. The number of pyridine rings is 1. The van der Waals surface area contributed by atoms with Crippen LogP contribution in [-0.2, 0) is 11.3 Å². The van der Waals surface area contributed by atoms with E-state index >= 15 is 0 Å². The molecule has 0 aliphatic heterocycles. The fourth-order valence-electron chi connectivity index (χ4n) is 1.28. The zero-order chi connectivity index (χ0) is 9.97. The van der Waals surface area contributed by atoms with Crippen molar-refractivity contribution in [2.45, 2.75) is 19.4 Å². The first-order valence-corrected chi connectivity index (χ1v) is 4.76. The predicted octanol–water partition coefficient (Wildman–Crippen LogP) is 0.889. The number of aromatic nitrogens is 1. The summed E-state index contributed by atoms with van der Waals surface area (Å²) in [6.07, 6.45) is 3.65. The zero-order valence-electron chi connectivity index (χ0n) is 7.86. The SMILES string of the molecule is NCc1cccnc1NC(=O)C1CC1. The van der Waals surface area contributed by atoms with Crippen LogP contribution >= 0.6 is 0 Å². The molecular formula is C10H13N3O. The van der Waals surface area contributed by atoms with Crippen LogP contribution in [0.15, 0.2) is 18.3 Å². The molecule has 1 aromatic heterocycles. The van der Waals surface area contributed by atoms with Crippen LogP contribution < -0.4 is 11.1 Å². The monoisotopic (exact) mass is 191 g/mol. The van der Waals surface area contributed by atoms with Gasteiger partial charge in [0.1, 0.15) is 5.82 Å². The second-order valence-corrected chi connectivity index (χ2v) is 3.48. The van der Waals surface area contributed by atoms with Crippen molar-refractivity contribution in [3.8, 4) is 0 Å². The molecule has 1 amide bonds. The Labute approximate surface area is 82.5 Å². The first-order valence-electron chi connectivity index (χ1n) is 4.76. The van der Waals surface area contributed by atoms with Gasteiger partial charge in [0.15, 0.2) is 0 Å². The Morgan fingerprint density at radius 2 is 2.43 bits per heavy atom. The van der Waals surface area contributed by atoms with Gasteiger partial charge in [-0.2, -0.15) is 0 Å². The third-order valence-electron chi connectivity index (χ3n) is 2.30. The molecule has 1 aromatic rings. The van der Waals surface area contributed by atoms with Gasteiger partial charge in [-0.25, -0.2) is 4.98 Å². The van der Waals surface area contributed by atoms with Gasteiger partial charge in [0.2, 0.25) is 5.91 Å². The van der Waals surface area contributed by atoms with E-state index in [1.807, 2.05) is 12.1 Å². The lowest BCUT2D eigenvalue weighted by Crippen LogP contribution is -2.16. The highest BCUT2D eigenvalue weighted by Crippen LogP contribution is 2.30. The third kappa shape index (κ3) is 1.90. The Bertz CT molecular complexity index is 347. The average Bonchev–Trinajstić information content (AvgIpc) is 3.02. The van der Waals surface area contributed by atoms with E-state index in [1.54, 1.807) is 6.20 Å². The van der Waals surface area contributed by atoms with E-state index in [0.29, 0.717) is 12.4 Å². The number of carbonyl (C=O) groups is 1. The minimum atomic E-state index is 0.0680. The van der Waals surface area contributed by atoms with Gasteiger partial charge in [0.05, 0.1) is 0 Å². The molecule has 14 heavy (non-hydrogen) atoms. The van der Waals surface area contributed by atoms with Gasteiger partial charge < -0.3 is 11.1 Å². The molecule has 1 fully saturated rings. The molecular weight excluding hydrogens is 178 g/mol. The lowest BCUT2D eigenvalue weighted by atomic mass is 10.2. The molecule has 1 saturated carbocycles. The fourth-order valence-corrected chi connectivity index (χ4v) is 1.28. The van der Waals surface area contributed by atoms with E-state index in [2.05, 4.69) is 10.3 Å². The highest BCUT2D eigenvalue weighted by atomic mass is 16.2. The molecule has 0 aromatic carbocycles. The molecule has 0 radical (unpaired) electrons. The van der Waals surface area contributed by atoms with Crippen LogP contribution in [0, 0.1) is 5.92 Å². The number of amides is 1. The van der Waals surface area contributed by atoms with Gasteiger partial charge in [-0.3, -0.25) is 4.79 Å². The van der Waals surface area contributed by atoms with E-state index in [0.717, 1.165) is 18.4 Å². The summed E-state index contributed by atoms with van der Waals surface area (Å²) in [5.74, 6) is 0.868. The Morgan fingerprint density at radius 1 is 1.64 bits per heavy atom. The van der Waals surface area contributed by atoms with Crippen LogP contribution in [0.2, 0.25) is 0 Å². The van der Waals surface area contributed by atoms with Crippen molar-refractivity contribution in [2.24, 2.45) is 11.7 Å². The number of nitrogens with one attached hydrogen (secondary N) is 1. The molecule has 0 spiro atoms. The zero-order valence-corrected chi connectivity index (χ0v) is 7.86. The standard InChI is InChI=1S/C10H13N3O/c11-6-8-2-1-5-12-9(8)13-10(14)7-3-4-7/h1-2,5,7H,3-4,6,11H2,(H,12,13,14). The summed E-state index contributed by atoms with van der Waals surface area (Å²) in [5.41, 5.74) is 6.40. The van der Waals surface area contributed by atoms with Crippen molar-refractivity contribution < 1.29 is 4.79 Å². The number of rotatable bonds is 3. The Hall–Kier alpha value is -1.42. The summed E-state index contributed by atoms with van der Waals surface area (Å²) in [7, 11) is 0. The topological polar surface area (TPSA) is 68.0 Å². The van der Waals surface area contributed by atoms with E-state index in [-0.39, 0.29) is 11.8 Å². The highest BCUT2D eigenvalue weighted by molar-refractivity contribution is 5.93. The number of nitrogens with zero attached hydrogens (tertiary/aromatic N) is 1. The maximum absolute atomic E-state index is 11.5. The second-order valence-electron chi connectivity index (χ2n) is 3.48. The lowest BCUT2D eigenvalue weighted by molar-refractivity contribution is -0.117. The normalized spacial score (nSPS) is 15.2. The second kappa shape index (κ2) is 3.75. The Kier molecular flexibility index (Phi) is 2.45. The molecule has 2 rings (SSSR count). The smallest absolute Gasteiger partial charge is 0.228 e. The van der Waals surface area contributed by atoms with Crippen molar-refractivity contribution >= 4 is 11.7 Å². The Balaban J connectivity index is 2.10. The van der Waals surface area contributed by atoms with Gasteiger partial charge in [-0.1, -0.05) is 6.07 Å². The molecule has 4 nitrogen and oxygen atoms in total. The van der Waals surface area contributed by atoms with Crippen LogP contribution in [0.25, 0.3) is 0 Å². The van der Waals surface area contributed by atoms with E-state index in [1.165, 1.54) is 0 Å². The molecule has 0 bridgehead atoms. The number of anilines is 1. The maximum atomic E-state index is 11.5. The molecule has 1 aliphatic carbocycles. The van der Waals surface area contributed by atoms with Crippen LogP contribution in [0.1, 0.15) is 18.4 Å². The number of carbonyl (C=O) groups excluding carboxylic acids is 1. The summed E-state index contributed by atoms with van der Waals surface area (Å²) < 4.78 is 0. The van der Waals surface area contributed by atoms with Crippen molar-refractivity contribution in [3.05, 3.63) is 23.9 Å². The van der Waals surface area contributed by atoms with E-state index < -0.39 is 0 Å². The van der Waals surface area contributed by atoms with E-state index in [9.17, 15) is 4.79 Å². The first kappa shape index (κ1) is 9.15. The van der Waals surface area contributed by atoms with Gasteiger partial charge in [-0.15, -0.1) is 0 Å². The summed E-state index contributed by atoms with van der Waals surface area (Å²) >= 11 is 0. The fraction of sp³-hybridized carbons (Fsp3) is 0.400. The van der Waals surface area contributed by atoms with Gasteiger partial charge >= 0.3 is 0 Å². The number of nitrogens with two attached hydrogens (primary N) is 1. The van der Waals surface area contributed by atoms with E-state index in [4.69, 9.17) is 5.73 Å². The van der Waals surface area contributed by atoms with Crippen molar-refractivity contribution in [1.82, 2.24) is 4.98 Å². The van der Waals surface area contributed by atoms with Crippen LogP contribution in [-0.4, -0.2) is 10.9 Å². The van der Waals surface area contributed by atoms with Gasteiger partial charge in [0.25, 0.3) is 0 Å². The Morgan fingerprint density at radius 3 is 3.07 bits per heavy atom.